The molecule has 0 saturated heterocycles. The van der Waals surface area contributed by atoms with Crippen molar-refractivity contribution in [1.82, 2.24) is 9.80 Å². The molecule has 1 aromatic rings. The third kappa shape index (κ3) is 18.2. The molecule has 0 aromatic heterocycles. The fourth-order valence-corrected chi connectivity index (χ4v) is 6.17. The van der Waals surface area contributed by atoms with Crippen LogP contribution in [0.3, 0.4) is 0 Å². The number of carbonyl (C=O) groups is 3. The summed E-state index contributed by atoms with van der Waals surface area (Å²) >= 11 is 10.7. The summed E-state index contributed by atoms with van der Waals surface area (Å²) in [6.45, 7) is 17.6. The SMILES string of the molecule is CC(=O)Oc1ccccc1C(=O)O.CCCC(CCC)C(=O)O.CCN(CC)C(=S)SSC(=S)N(CC)CC. The maximum atomic E-state index is 10.6. The number of para-hydroxylation sites is 1. The first kappa shape index (κ1) is 39.3. The molecule has 1 rings (SSSR count). The topological polar surface area (TPSA) is 107 Å². The summed E-state index contributed by atoms with van der Waals surface area (Å²) in [5, 5.41) is 17.3. The molecule has 0 aliphatic heterocycles. The monoisotopic (exact) mass is 620 g/mol. The molecule has 2 N–H and O–H groups in total. The zero-order chi connectivity index (χ0) is 30.4. The zero-order valence-corrected chi connectivity index (χ0v) is 27.4. The van der Waals surface area contributed by atoms with Crippen LogP contribution in [0.1, 0.15) is 84.5 Å². The van der Waals surface area contributed by atoms with Gasteiger partial charge in [-0.25, -0.2) is 4.79 Å². The largest absolute Gasteiger partial charge is 0.481 e. The van der Waals surface area contributed by atoms with Crippen molar-refractivity contribution in [2.24, 2.45) is 5.92 Å². The molecule has 0 bridgehead atoms. The van der Waals surface area contributed by atoms with Crippen LogP contribution in [-0.4, -0.2) is 72.7 Å². The summed E-state index contributed by atoms with van der Waals surface area (Å²) in [7, 11) is 3.18. The van der Waals surface area contributed by atoms with Gasteiger partial charge < -0.3 is 24.7 Å². The molecular weight excluding hydrogens is 577 g/mol. The second-order valence-corrected chi connectivity index (χ2v) is 11.4. The van der Waals surface area contributed by atoms with Crippen molar-refractivity contribution in [3.8, 4) is 5.75 Å². The van der Waals surface area contributed by atoms with Gasteiger partial charge in [0.25, 0.3) is 0 Å². The minimum atomic E-state index is -1.11. The summed E-state index contributed by atoms with van der Waals surface area (Å²) in [5.74, 6) is -2.31. The lowest BCUT2D eigenvalue weighted by Gasteiger charge is -2.23. The molecule has 39 heavy (non-hydrogen) atoms. The van der Waals surface area contributed by atoms with Gasteiger partial charge in [-0.2, -0.15) is 0 Å². The van der Waals surface area contributed by atoms with E-state index < -0.39 is 17.9 Å². The van der Waals surface area contributed by atoms with Crippen molar-refractivity contribution in [3.63, 3.8) is 0 Å². The molecule has 0 aliphatic carbocycles. The summed E-state index contributed by atoms with van der Waals surface area (Å²) in [6.07, 6.45) is 3.58. The van der Waals surface area contributed by atoms with Gasteiger partial charge in [-0.1, -0.05) is 63.3 Å². The third-order valence-corrected chi connectivity index (χ3v) is 8.95. The number of carboxylic acids is 2. The smallest absolute Gasteiger partial charge is 0.339 e. The fourth-order valence-electron chi connectivity index (χ4n) is 3.12. The van der Waals surface area contributed by atoms with Crippen LogP contribution >= 0.6 is 46.0 Å². The van der Waals surface area contributed by atoms with E-state index in [2.05, 4.69) is 42.2 Å². The normalized spacial score (nSPS) is 9.85. The van der Waals surface area contributed by atoms with Crippen LogP contribution in [0.25, 0.3) is 0 Å². The van der Waals surface area contributed by atoms with Crippen LogP contribution in [0.2, 0.25) is 0 Å². The summed E-state index contributed by atoms with van der Waals surface area (Å²) in [6, 6.07) is 5.98. The Hall–Kier alpha value is -1.89. The van der Waals surface area contributed by atoms with Crippen molar-refractivity contribution in [2.45, 2.75) is 74.1 Å². The van der Waals surface area contributed by atoms with Crippen LogP contribution < -0.4 is 4.74 Å². The lowest BCUT2D eigenvalue weighted by Crippen LogP contribution is -2.28. The molecule has 0 heterocycles. The van der Waals surface area contributed by atoms with Crippen LogP contribution in [0.5, 0.6) is 5.75 Å². The fraction of sp³-hybridized carbons (Fsp3) is 0.593. The number of aliphatic carboxylic acids is 1. The first-order valence-corrected chi connectivity index (χ1v) is 16.1. The maximum Gasteiger partial charge on any atom is 0.339 e. The molecular formula is C27H44N2O6S4. The van der Waals surface area contributed by atoms with Crippen molar-refractivity contribution in [2.75, 3.05) is 26.2 Å². The van der Waals surface area contributed by atoms with E-state index in [0.717, 1.165) is 60.5 Å². The number of esters is 1. The minimum absolute atomic E-state index is 0.0160. The van der Waals surface area contributed by atoms with Gasteiger partial charge in [0.2, 0.25) is 0 Å². The second kappa shape index (κ2) is 24.0. The summed E-state index contributed by atoms with van der Waals surface area (Å²) < 4.78 is 6.53. The number of benzene rings is 1. The molecule has 222 valence electrons. The molecule has 0 aliphatic rings. The van der Waals surface area contributed by atoms with E-state index >= 15 is 0 Å². The number of carbonyl (C=O) groups excluding carboxylic acids is 1. The molecule has 0 atom stereocenters. The van der Waals surface area contributed by atoms with Gasteiger partial charge in [0.1, 0.15) is 20.0 Å². The van der Waals surface area contributed by atoms with Crippen molar-refractivity contribution in [3.05, 3.63) is 29.8 Å². The summed E-state index contributed by atoms with van der Waals surface area (Å²) in [5.41, 5.74) is -0.0160. The first-order valence-electron chi connectivity index (χ1n) is 13.1. The molecule has 0 saturated carbocycles. The Labute approximate surface area is 252 Å². The van der Waals surface area contributed by atoms with Gasteiger partial charge in [-0.05, 0) is 74.3 Å². The van der Waals surface area contributed by atoms with E-state index in [1.165, 1.54) is 19.1 Å². The number of aromatic carboxylic acids is 1. The Bertz CT molecular complexity index is 863. The number of hydrogen-bond donors (Lipinski definition) is 2. The highest BCUT2D eigenvalue weighted by molar-refractivity contribution is 8.89. The van der Waals surface area contributed by atoms with Crippen molar-refractivity contribution < 1.29 is 29.3 Å². The summed E-state index contributed by atoms with van der Waals surface area (Å²) in [4.78, 5) is 36.0. The predicted molar refractivity (Wildman–Crippen MR) is 172 cm³/mol. The highest BCUT2D eigenvalue weighted by Gasteiger charge is 2.14. The van der Waals surface area contributed by atoms with E-state index in [9.17, 15) is 14.4 Å². The molecule has 0 radical (unpaired) electrons. The van der Waals surface area contributed by atoms with Gasteiger partial charge in [-0.15, -0.1) is 0 Å². The minimum Gasteiger partial charge on any atom is -0.481 e. The number of rotatable bonds is 11. The molecule has 0 unspecified atom stereocenters. The second-order valence-electron chi connectivity index (χ2n) is 8.05. The van der Waals surface area contributed by atoms with Crippen molar-refractivity contribution in [1.29, 1.82) is 0 Å². The first-order chi connectivity index (χ1) is 18.4. The van der Waals surface area contributed by atoms with E-state index in [0.29, 0.717) is 0 Å². The number of thiocarbonyl (C=S) groups is 2. The molecule has 8 nitrogen and oxygen atoms in total. The van der Waals surface area contributed by atoms with E-state index in [4.69, 9.17) is 34.6 Å². The number of ether oxygens (including phenoxy) is 1. The Kier molecular flexibility index (Phi) is 24.1. The average molecular weight is 621 g/mol. The van der Waals surface area contributed by atoms with Gasteiger partial charge in [0, 0.05) is 33.1 Å². The van der Waals surface area contributed by atoms with Crippen LogP contribution in [0, 0.1) is 5.92 Å². The van der Waals surface area contributed by atoms with Gasteiger partial charge in [0.15, 0.2) is 0 Å². The number of hydrogen-bond acceptors (Lipinski definition) is 8. The highest BCUT2D eigenvalue weighted by Crippen LogP contribution is 2.28. The van der Waals surface area contributed by atoms with E-state index in [1.54, 1.807) is 33.7 Å². The van der Waals surface area contributed by atoms with Crippen LogP contribution in [-0.2, 0) is 9.59 Å². The quantitative estimate of drug-likeness (QED) is 0.113. The molecule has 0 spiro atoms. The van der Waals surface area contributed by atoms with E-state index in [-0.39, 0.29) is 17.2 Å². The van der Waals surface area contributed by atoms with E-state index in [1.807, 2.05) is 13.8 Å². The van der Waals surface area contributed by atoms with Crippen molar-refractivity contribution >= 4 is 72.6 Å². The molecule has 0 fully saturated rings. The lowest BCUT2D eigenvalue weighted by atomic mass is 9.99. The Balaban J connectivity index is 0. The Morgan fingerprint density at radius 1 is 0.821 bits per heavy atom. The third-order valence-electron chi connectivity index (χ3n) is 5.22. The number of carboxylic acid groups (broad SMARTS) is 2. The standard InChI is InChI=1S/C10H20N2S4.C9H8O4.C8H16O2/c1-5-11(6-2)9(13)15-16-10(14)12(7-3)8-4;1-6(10)13-8-5-3-2-4-7(8)9(11)12;1-3-5-7(6-4-2)8(9)10/h5-8H2,1-4H3;2-5H,1H3,(H,11,12);7H,3-6H2,1-2H3,(H,9,10). The predicted octanol–water partition coefficient (Wildman–Crippen LogP) is 7.22. The zero-order valence-electron chi connectivity index (χ0n) is 24.1. The van der Waals surface area contributed by atoms with Gasteiger partial charge >= 0.3 is 17.9 Å². The van der Waals surface area contributed by atoms with Crippen LogP contribution in [0.4, 0.5) is 0 Å². The number of nitrogens with zero attached hydrogens (tertiary/aromatic N) is 2. The molecule has 0 amide bonds. The Morgan fingerprint density at radius 2 is 1.23 bits per heavy atom. The Morgan fingerprint density at radius 3 is 1.54 bits per heavy atom. The molecule has 1 aromatic carbocycles. The lowest BCUT2D eigenvalue weighted by molar-refractivity contribution is -0.142. The average Bonchev–Trinajstić information content (AvgIpc) is 2.89. The molecule has 12 heteroatoms. The highest BCUT2D eigenvalue weighted by atomic mass is 33.1. The van der Waals surface area contributed by atoms with Gasteiger partial charge in [-0.3, -0.25) is 9.59 Å². The van der Waals surface area contributed by atoms with Crippen LogP contribution in [0.15, 0.2) is 24.3 Å². The van der Waals surface area contributed by atoms with Gasteiger partial charge in [0.05, 0.1) is 5.92 Å². The maximum absolute atomic E-state index is 10.6.